The van der Waals surface area contributed by atoms with Crippen LogP contribution in [0.1, 0.15) is 15.9 Å². The van der Waals surface area contributed by atoms with Crippen LogP contribution in [0.4, 0.5) is 5.69 Å². The van der Waals surface area contributed by atoms with Crippen LogP contribution in [0.3, 0.4) is 0 Å². The van der Waals surface area contributed by atoms with Gasteiger partial charge in [-0.3, -0.25) is 4.79 Å². The third-order valence-corrected chi connectivity index (χ3v) is 2.49. The SMILES string of the molecule is Nc1ccc(C(=O)/C=C/c2cccc(O)c2)cc1. The molecular weight excluding hydrogens is 226 g/mol. The van der Waals surface area contributed by atoms with Gasteiger partial charge in [-0.25, -0.2) is 0 Å². The predicted octanol–water partition coefficient (Wildman–Crippen LogP) is 2.87. The quantitative estimate of drug-likeness (QED) is 0.492. The van der Waals surface area contributed by atoms with Crippen LogP contribution >= 0.6 is 0 Å². The molecule has 3 N–H and O–H groups in total. The van der Waals surface area contributed by atoms with Crippen molar-refractivity contribution in [1.29, 1.82) is 0 Å². The van der Waals surface area contributed by atoms with E-state index in [1.165, 1.54) is 6.08 Å². The van der Waals surface area contributed by atoms with E-state index in [9.17, 15) is 9.90 Å². The van der Waals surface area contributed by atoms with E-state index >= 15 is 0 Å². The van der Waals surface area contributed by atoms with Gasteiger partial charge in [-0.2, -0.15) is 0 Å². The summed E-state index contributed by atoms with van der Waals surface area (Å²) in [5.41, 5.74) is 7.54. The summed E-state index contributed by atoms with van der Waals surface area (Å²) in [6.45, 7) is 0. The molecule has 0 aliphatic rings. The molecule has 0 saturated carbocycles. The van der Waals surface area contributed by atoms with E-state index in [2.05, 4.69) is 0 Å². The summed E-state index contributed by atoms with van der Waals surface area (Å²) >= 11 is 0. The Morgan fingerprint density at radius 1 is 1.11 bits per heavy atom. The zero-order valence-corrected chi connectivity index (χ0v) is 9.71. The maximum atomic E-state index is 11.8. The van der Waals surface area contributed by atoms with Gasteiger partial charge in [0, 0.05) is 11.3 Å². The summed E-state index contributed by atoms with van der Waals surface area (Å²) < 4.78 is 0. The highest BCUT2D eigenvalue weighted by atomic mass is 16.3. The molecule has 3 heteroatoms. The van der Waals surface area contributed by atoms with E-state index in [0.29, 0.717) is 11.3 Å². The highest BCUT2D eigenvalue weighted by molar-refractivity contribution is 6.06. The molecule has 0 unspecified atom stereocenters. The van der Waals surface area contributed by atoms with Crippen molar-refractivity contribution in [2.75, 3.05) is 5.73 Å². The van der Waals surface area contributed by atoms with E-state index in [1.54, 1.807) is 48.5 Å². The number of rotatable bonds is 3. The van der Waals surface area contributed by atoms with Crippen molar-refractivity contribution in [3.05, 3.63) is 65.7 Å². The fourth-order valence-corrected chi connectivity index (χ4v) is 1.54. The Balaban J connectivity index is 2.14. The first kappa shape index (κ1) is 11.9. The number of aromatic hydroxyl groups is 1. The monoisotopic (exact) mass is 239 g/mol. The summed E-state index contributed by atoms with van der Waals surface area (Å²) in [6, 6.07) is 13.5. The van der Waals surface area contributed by atoms with Crippen molar-refractivity contribution in [3.8, 4) is 5.75 Å². The van der Waals surface area contributed by atoms with Crippen molar-refractivity contribution in [2.45, 2.75) is 0 Å². The molecule has 0 amide bonds. The minimum atomic E-state index is -0.0988. The lowest BCUT2D eigenvalue weighted by atomic mass is 10.1. The van der Waals surface area contributed by atoms with Gasteiger partial charge >= 0.3 is 0 Å². The number of anilines is 1. The lowest BCUT2D eigenvalue weighted by Gasteiger charge is -1.97. The van der Waals surface area contributed by atoms with Crippen LogP contribution in [0.15, 0.2) is 54.6 Å². The second-order valence-electron chi connectivity index (χ2n) is 3.91. The van der Waals surface area contributed by atoms with E-state index in [1.807, 2.05) is 6.07 Å². The molecule has 0 aliphatic heterocycles. The molecule has 0 saturated heterocycles. The third-order valence-electron chi connectivity index (χ3n) is 2.49. The summed E-state index contributed by atoms with van der Waals surface area (Å²) in [6.07, 6.45) is 3.14. The predicted molar refractivity (Wildman–Crippen MR) is 72.3 cm³/mol. The Kier molecular flexibility index (Phi) is 3.44. The van der Waals surface area contributed by atoms with E-state index in [-0.39, 0.29) is 11.5 Å². The van der Waals surface area contributed by atoms with Crippen LogP contribution in [0.5, 0.6) is 5.75 Å². The number of carbonyl (C=O) groups excluding carboxylic acids is 1. The molecule has 0 radical (unpaired) electrons. The van der Waals surface area contributed by atoms with Gasteiger partial charge < -0.3 is 10.8 Å². The molecule has 2 aromatic carbocycles. The summed E-state index contributed by atoms with van der Waals surface area (Å²) in [5.74, 6) is 0.0791. The van der Waals surface area contributed by atoms with Gasteiger partial charge in [-0.05, 0) is 48.0 Å². The third kappa shape index (κ3) is 2.98. The molecule has 0 aliphatic carbocycles. The van der Waals surface area contributed by atoms with Crippen molar-refractivity contribution in [1.82, 2.24) is 0 Å². The number of hydrogen-bond donors (Lipinski definition) is 2. The Hall–Kier alpha value is -2.55. The highest BCUT2D eigenvalue weighted by Gasteiger charge is 2.00. The Labute approximate surface area is 105 Å². The van der Waals surface area contributed by atoms with E-state index in [4.69, 9.17) is 5.73 Å². The van der Waals surface area contributed by atoms with Crippen molar-refractivity contribution in [2.24, 2.45) is 0 Å². The average Bonchev–Trinajstić information content (AvgIpc) is 2.37. The van der Waals surface area contributed by atoms with Crippen LogP contribution in [-0.4, -0.2) is 10.9 Å². The zero-order chi connectivity index (χ0) is 13.0. The largest absolute Gasteiger partial charge is 0.508 e. The van der Waals surface area contributed by atoms with Crippen LogP contribution in [0.2, 0.25) is 0 Å². The number of nitrogen functional groups attached to an aromatic ring is 1. The second kappa shape index (κ2) is 5.19. The number of benzene rings is 2. The Morgan fingerprint density at radius 2 is 1.83 bits per heavy atom. The first-order chi connectivity index (χ1) is 8.65. The van der Waals surface area contributed by atoms with Crippen molar-refractivity contribution >= 4 is 17.5 Å². The molecule has 2 aromatic rings. The maximum Gasteiger partial charge on any atom is 0.185 e. The number of ketones is 1. The number of phenolic OH excluding ortho intramolecular Hbond substituents is 1. The number of phenols is 1. The molecule has 0 heterocycles. The fourth-order valence-electron chi connectivity index (χ4n) is 1.54. The molecule has 0 atom stereocenters. The highest BCUT2D eigenvalue weighted by Crippen LogP contribution is 2.13. The zero-order valence-electron chi connectivity index (χ0n) is 9.71. The summed E-state index contributed by atoms with van der Waals surface area (Å²) in [5, 5.41) is 9.29. The number of carbonyl (C=O) groups is 1. The molecule has 90 valence electrons. The molecule has 3 nitrogen and oxygen atoms in total. The first-order valence-electron chi connectivity index (χ1n) is 5.52. The topological polar surface area (TPSA) is 63.3 Å². The van der Waals surface area contributed by atoms with Gasteiger partial charge in [0.25, 0.3) is 0 Å². The van der Waals surface area contributed by atoms with Gasteiger partial charge in [0.05, 0.1) is 0 Å². The molecule has 2 rings (SSSR count). The molecule has 0 fully saturated rings. The summed E-state index contributed by atoms with van der Waals surface area (Å²) in [4.78, 5) is 11.8. The number of hydrogen-bond acceptors (Lipinski definition) is 3. The molecule has 0 bridgehead atoms. The number of nitrogens with two attached hydrogens (primary N) is 1. The molecule has 0 aromatic heterocycles. The van der Waals surface area contributed by atoms with Crippen LogP contribution < -0.4 is 5.73 Å². The average molecular weight is 239 g/mol. The minimum Gasteiger partial charge on any atom is -0.508 e. The lowest BCUT2D eigenvalue weighted by molar-refractivity contribution is 0.104. The van der Waals surface area contributed by atoms with Gasteiger partial charge in [0.1, 0.15) is 5.75 Å². The Bertz CT molecular complexity index is 586. The Morgan fingerprint density at radius 3 is 2.50 bits per heavy atom. The van der Waals surface area contributed by atoms with E-state index < -0.39 is 0 Å². The maximum absolute atomic E-state index is 11.8. The van der Waals surface area contributed by atoms with Gasteiger partial charge in [0.15, 0.2) is 5.78 Å². The standard InChI is InChI=1S/C15H13NO2/c16-13-7-5-12(6-8-13)15(18)9-4-11-2-1-3-14(17)10-11/h1-10,17H,16H2/b9-4+. The summed E-state index contributed by atoms with van der Waals surface area (Å²) in [7, 11) is 0. The van der Waals surface area contributed by atoms with Gasteiger partial charge in [-0.1, -0.05) is 18.2 Å². The minimum absolute atomic E-state index is 0.0988. The van der Waals surface area contributed by atoms with Crippen LogP contribution in [0.25, 0.3) is 6.08 Å². The fraction of sp³-hybridized carbons (Fsp3) is 0. The lowest BCUT2D eigenvalue weighted by Crippen LogP contribution is -1.94. The van der Waals surface area contributed by atoms with Crippen LogP contribution in [0, 0.1) is 0 Å². The van der Waals surface area contributed by atoms with Crippen molar-refractivity contribution < 1.29 is 9.90 Å². The molecule has 18 heavy (non-hydrogen) atoms. The van der Waals surface area contributed by atoms with Crippen molar-refractivity contribution in [3.63, 3.8) is 0 Å². The smallest absolute Gasteiger partial charge is 0.185 e. The molecule has 0 spiro atoms. The molecular formula is C15H13NO2. The van der Waals surface area contributed by atoms with Gasteiger partial charge in [-0.15, -0.1) is 0 Å². The van der Waals surface area contributed by atoms with E-state index in [0.717, 1.165) is 5.56 Å². The van der Waals surface area contributed by atoms with Gasteiger partial charge in [0.2, 0.25) is 0 Å². The normalized spacial score (nSPS) is 10.7. The second-order valence-corrected chi connectivity index (χ2v) is 3.91. The van der Waals surface area contributed by atoms with Crippen LogP contribution in [-0.2, 0) is 0 Å². The number of allylic oxidation sites excluding steroid dienone is 1. The first-order valence-corrected chi connectivity index (χ1v) is 5.52.